The van der Waals surface area contributed by atoms with E-state index in [1.54, 1.807) is 24.3 Å². The lowest BCUT2D eigenvalue weighted by Gasteiger charge is -2.13. The summed E-state index contributed by atoms with van der Waals surface area (Å²) in [7, 11) is 0. The average Bonchev–Trinajstić information content (AvgIpc) is 2.38. The monoisotopic (exact) mass is 249 g/mol. The summed E-state index contributed by atoms with van der Waals surface area (Å²) in [5.74, 6) is -0.0341. The molecule has 0 radical (unpaired) electrons. The first kappa shape index (κ1) is 12.2. The van der Waals surface area contributed by atoms with Gasteiger partial charge in [-0.1, -0.05) is 23.3 Å². The van der Waals surface area contributed by atoms with Crippen LogP contribution in [0, 0.1) is 0 Å². The summed E-state index contributed by atoms with van der Waals surface area (Å²) in [4.78, 5) is 11.8. The van der Waals surface area contributed by atoms with Crippen molar-refractivity contribution in [2.45, 2.75) is 25.7 Å². The zero-order valence-electron chi connectivity index (χ0n) is 9.71. The Hall–Kier alpha value is -1.28. The number of halogens is 1. The standard InChI is InChI=1S/C14H16ClNO/c15-13-8-6-12(7-9-13)14(17)16-10-11-4-2-1-3-5-11/h4,6-9H,1-3,5,10H2,(H,16,17). The zero-order valence-corrected chi connectivity index (χ0v) is 10.5. The quantitative estimate of drug-likeness (QED) is 0.816. The summed E-state index contributed by atoms with van der Waals surface area (Å²) in [6.07, 6.45) is 7.01. The number of benzene rings is 1. The lowest BCUT2D eigenvalue weighted by molar-refractivity contribution is 0.0956. The van der Waals surface area contributed by atoms with Gasteiger partial charge in [0, 0.05) is 17.1 Å². The van der Waals surface area contributed by atoms with Crippen molar-refractivity contribution in [3.8, 4) is 0 Å². The molecule has 1 aromatic rings. The van der Waals surface area contributed by atoms with Crippen LogP contribution in [0.3, 0.4) is 0 Å². The molecular weight excluding hydrogens is 234 g/mol. The van der Waals surface area contributed by atoms with E-state index < -0.39 is 0 Å². The molecule has 0 fully saturated rings. The highest BCUT2D eigenvalue weighted by atomic mass is 35.5. The molecule has 3 heteroatoms. The molecule has 1 aliphatic carbocycles. The molecule has 1 amide bonds. The van der Waals surface area contributed by atoms with Gasteiger partial charge in [0.1, 0.15) is 0 Å². The van der Waals surface area contributed by atoms with Crippen LogP contribution < -0.4 is 5.32 Å². The number of hydrogen-bond donors (Lipinski definition) is 1. The second-order valence-electron chi connectivity index (χ2n) is 4.30. The van der Waals surface area contributed by atoms with E-state index in [9.17, 15) is 4.79 Å². The van der Waals surface area contributed by atoms with E-state index in [1.807, 2.05) is 0 Å². The van der Waals surface area contributed by atoms with Crippen molar-refractivity contribution < 1.29 is 4.79 Å². The first-order valence-electron chi connectivity index (χ1n) is 5.97. The van der Waals surface area contributed by atoms with Gasteiger partial charge < -0.3 is 5.32 Å². The Morgan fingerprint density at radius 2 is 2.00 bits per heavy atom. The number of hydrogen-bond acceptors (Lipinski definition) is 1. The van der Waals surface area contributed by atoms with Crippen molar-refractivity contribution >= 4 is 17.5 Å². The van der Waals surface area contributed by atoms with Crippen molar-refractivity contribution in [2.24, 2.45) is 0 Å². The van der Waals surface area contributed by atoms with Gasteiger partial charge in [-0.3, -0.25) is 4.79 Å². The Labute approximate surface area is 107 Å². The molecule has 90 valence electrons. The van der Waals surface area contributed by atoms with Crippen LogP contribution in [0.15, 0.2) is 35.9 Å². The molecule has 17 heavy (non-hydrogen) atoms. The van der Waals surface area contributed by atoms with Crippen LogP contribution in [-0.2, 0) is 0 Å². The van der Waals surface area contributed by atoms with Gasteiger partial charge in [0.05, 0.1) is 0 Å². The number of allylic oxidation sites excluding steroid dienone is 1. The lowest BCUT2D eigenvalue weighted by Crippen LogP contribution is -2.26. The van der Waals surface area contributed by atoms with Crippen molar-refractivity contribution in [1.82, 2.24) is 5.32 Å². The molecule has 0 bridgehead atoms. The van der Waals surface area contributed by atoms with E-state index >= 15 is 0 Å². The molecule has 0 aromatic heterocycles. The van der Waals surface area contributed by atoms with Gasteiger partial charge in [0.15, 0.2) is 0 Å². The summed E-state index contributed by atoms with van der Waals surface area (Å²) < 4.78 is 0. The molecule has 0 atom stereocenters. The lowest BCUT2D eigenvalue weighted by atomic mass is 9.99. The minimum absolute atomic E-state index is 0.0341. The Bertz CT molecular complexity index is 422. The third-order valence-electron chi connectivity index (χ3n) is 2.97. The van der Waals surface area contributed by atoms with Gasteiger partial charge in [-0.05, 0) is 49.9 Å². The van der Waals surface area contributed by atoms with Gasteiger partial charge in [-0.25, -0.2) is 0 Å². The Morgan fingerprint density at radius 1 is 1.24 bits per heavy atom. The second kappa shape index (κ2) is 5.87. The van der Waals surface area contributed by atoms with Crippen LogP contribution in [0.5, 0.6) is 0 Å². The first-order chi connectivity index (χ1) is 8.25. The number of rotatable bonds is 3. The predicted molar refractivity (Wildman–Crippen MR) is 70.3 cm³/mol. The van der Waals surface area contributed by atoms with Gasteiger partial charge in [0.2, 0.25) is 0 Å². The number of amides is 1. The molecule has 2 rings (SSSR count). The SMILES string of the molecule is O=C(NCC1=CCCCC1)c1ccc(Cl)cc1. The molecule has 0 heterocycles. The summed E-state index contributed by atoms with van der Waals surface area (Å²) in [5, 5.41) is 3.59. The fourth-order valence-electron chi connectivity index (χ4n) is 1.96. The van der Waals surface area contributed by atoms with Crippen LogP contribution in [0.4, 0.5) is 0 Å². The first-order valence-corrected chi connectivity index (χ1v) is 6.35. The number of nitrogens with one attached hydrogen (secondary N) is 1. The number of carbonyl (C=O) groups excluding carboxylic acids is 1. The van der Waals surface area contributed by atoms with Gasteiger partial charge in [-0.2, -0.15) is 0 Å². The molecule has 0 saturated heterocycles. The Morgan fingerprint density at radius 3 is 2.65 bits per heavy atom. The van der Waals surface area contributed by atoms with Crippen LogP contribution in [0.2, 0.25) is 5.02 Å². The van der Waals surface area contributed by atoms with Crippen molar-refractivity contribution in [3.05, 3.63) is 46.5 Å². The molecule has 0 spiro atoms. The third-order valence-corrected chi connectivity index (χ3v) is 3.22. The maximum absolute atomic E-state index is 11.8. The summed E-state index contributed by atoms with van der Waals surface area (Å²) >= 11 is 5.77. The fraction of sp³-hybridized carbons (Fsp3) is 0.357. The normalized spacial score (nSPS) is 15.2. The maximum atomic E-state index is 11.8. The highest BCUT2D eigenvalue weighted by molar-refractivity contribution is 6.30. The zero-order chi connectivity index (χ0) is 12.1. The Balaban J connectivity index is 1.88. The van der Waals surface area contributed by atoms with E-state index in [2.05, 4.69) is 11.4 Å². The van der Waals surface area contributed by atoms with Crippen LogP contribution in [-0.4, -0.2) is 12.5 Å². The topological polar surface area (TPSA) is 29.1 Å². The fourth-order valence-corrected chi connectivity index (χ4v) is 2.09. The molecule has 1 aromatic carbocycles. The third kappa shape index (κ3) is 3.60. The molecule has 0 saturated carbocycles. The summed E-state index contributed by atoms with van der Waals surface area (Å²) in [6, 6.07) is 6.95. The van der Waals surface area contributed by atoms with E-state index in [-0.39, 0.29) is 5.91 Å². The smallest absolute Gasteiger partial charge is 0.251 e. The van der Waals surface area contributed by atoms with E-state index in [0.29, 0.717) is 17.1 Å². The summed E-state index contributed by atoms with van der Waals surface area (Å²) in [6.45, 7) is 0.668. The highest BCUT2D eigenvalue weighted by Crippen LogP contribution is 2.16. The minimum atomic E-state index is -0.0341. The Kier molecular flexibility index (Phi) is 4.21. The minimum Gasteiger partial charge on any atom is -0.348 e. The van der Waals surface area contributed by atoms with Crippen LogP contribution in [0.25, 0.3) is 0 Å². The van der Waals surface area contributed by atoms with Crippen molar-refractivity contribution in [3.63, 3.8) is 0 Å². The second-order valence-corrected chi connectivity index (χ2v) is 4.73. The van der Waals surface area contributed by atoms with Crippen molar-refractivity contribution in [1.29, 1.82) is 0 Å². The van der Waals surface area contributed by atoms with E-state index in [0.717, 1.165) is 12.8 Å². The maximum Gasteiger partial charge on any atom is 0.251 e. The molecule has 2 nitrogen and oxygen atoms in total. The van der Waals surface area contributed by atoms with E-state index in [1.165, 1.54) is 18.4 Å². The van der Waals surface area contributed by atoms with Gasteiger partial charge >= 0.3 is 0 Å². The van der Waals surface area contributed by atoms with Gasteiger partial charge in [0.25, 0.3) is 5.91 Å². The average molecular weight is 250 g/mol. The highest BCUT2D eigenvalue weighted by Gasteiger charge is 2.07. The predicted octanol–water partition coefficient (Wildman–Crippen LogP) is 3.57. The molecule has 0 aliphatic heterocycles. The van der Waals surface area contributed by atoms with Crippen molar-refractivity contribution in [2.75, 3.05) is 6.54 Å². The molecular formula is C14H16ClNO. The summed E-state index contributed by atoms with van der Waals surface area (Å²) in [5.41, 5.74) is 2.00. The number of carbonyl (C=O) groups is 1. The van der Waals surface area contributed by atoms with Gasteiger partial charge in [-0.15, -0.1) is 0 Å². The molecule has 1 N–H and O–H groups in total. The van der Waals surface area contributed by atoms with Crippen LogP contribution >= 0.6 is 11.6 Å². The largest absolute Gasteiger partial charge is 0.348 e. The molecule has 0 unspecified atom stereocenters. The molecule has 1 aliphatic rings. The van der Waals surface area contributed by atoms with E-state index in [4.69, 9.17) is 11.6 Å². The van der Waals surface area contributed by atoms with Crippen LogP contribution in [0.1, 0.15) is 36.0 Å².